The Balaban J connectivity index is 2.29. The molecular formula is C13H14BrNO2. The molecule has 2 rings (SSSR count). The number of nitrogens with zero attached hydrogens (tertiary/aromatic N) is 1. The molecule has 4 heteroatoms. The highest BCUT2D eigenvalue weighted by Crippen LogP contribution is 2.23. The monoisotopic (exact) mass is 295 g/mol. The average molecular weight is 296 g/mol. The Morgan fingerprint density at radius 2 is 2.06 bits per heavy atom. The van der Waals surface area contributed by atoms with Crippen molar-refractivity contribution in [3.63, 3.8) is 0 Å². The van der Waals surface area contributed by atoms with Gasteiger partial charge in [-0.15, -0.1) is 0 Å². The van der Waals surface area contributed by atoms with Gasteiger partial charge in [0.25, 0.3) is 0 Å². The van der Waals surface area contributed by atoms with E-state index in [1.807, 2.05) is 24.3 Å². The van der Waals surface area contributed by atoms with Gasteiger partial charge >= 0.3 is 0 Å². The molecule has 0 aliphatic heterocycles. The maximum Gasteiger partial charge on any atom is 0.105 e. The molecule has 3 nitrogen and oxygen atoms in total. The van der Waals surface area contributed by atoms with Crippen LogP contribution >= 0.6 is 15.9 Å². The summed E-state index contributed by atoms with van der Waals surface area (Å²) >= 11 is 3.25. The SMILES string of the molecule is OC(CCBr)C(O)c1ccc2ncccc2c1. The maximum absolute atomic E-state index is 9.99. The molecule has 90 valence electrons. The number of halogens is 1. The Morgan fingerprint density at radius 3 is 2.82 bits per heavy atom. The van der Waals surface area contributed by atoms with Gasteiger partial charge in [0.05, 0.1) is 11.6 Å². The van der Waals surface area contributed by atoms with Crippen molar-refractivity contribution >= 4 is 26.8 Å². The van der Waals surface area contributed by atoms with E-state index in [-0.39, 0.29) is 0 Å². The molecule has 0 amide bonds. The molecule has 2 unspecified atom stereocenters. The van der Waals surface area contributed by atoms with Crippen LogP contribution in [0.4, 0.5) is 0 Å². The van der Waals surface area contributed by atoms with Gasteiger partial charge in [-0.1, -0.05) is 28.1 Å². The van der Waals surface area contributed by atoms with Crippen LogP contribution in [0.1, 0.15) is 18.1 Å². The normalized spacial score (nSPS) is 14.8. The van der Waals surface area contributed by atoms with Crippen molar-refractivity contribution in [3.05, 3.63) is 42.1 Å². The van der Waals surface area contributed by atoms with E-state index in [4.69, 9.17) is 0 Å². The second kappa shape index (κ2) is 5.58. The van der Waals surface area contributed by atoms with Gasteiger partial charge in [0.1, 0.15) is 6.10 Å². The van der Waals surface area contributed by atoms with E-state index in [9.17, 15) is 10.2 Å². The van der Waals surface area contributed by atoms with Gasteiger partial charge in [-0.2, -0.15) is 0 Å². The highest BCUT2D eigenvalue weighted by molar-refractivity contribution is 9.09. The topological polar surface area (TPSA) is 53.4 Å². The molecule has 0 aliphatic carbocycles. The Kier molecular flexibility index (Phi) is 4.10. The third kappa shape index (κ3) is 2.83. The van der Waals surface area contributed by atoms with Crippen LogP contribution < -0.4 is 0 Å². The summed E-state index contributed by atoms with van der Waals surface area (Å²) in [4.78, 5) is 4.21. The zero-order valence-corrected chi connectivity index (χ0v) is 10.8. The van der Waals surface area contributed by atoms with Crippen molar-refractivity contribution in [1.82, 2.24) is 4.98 Å². The smallest absolute Gasteiger partial charge is 0.105 e. The Morgan fingerprint density at radius 1 is 1.24 bits per heavy atom. The molecule has 1 aromatic carbocycles. The number of benzene rings is 1. The molecule has 0 fully saturated rings. The van der Waals surface area contributed by atoms with Crippen LogP contribution in [-0.2, 0) is 0 Å². The van der Waals surface area contributed by atoms with Crippen LogP contribution in [0.5, 0.6) is 0 Å². The molecule has 2 aromatic rings. The number of alkyl halides is 1. The third-order valence-electron chi connectivity index (χ3n) is 2.74. The summed E-state index contributed by atoms with van der Waals surface area (Å²) in [5.41, 5.74) is 1.61. The van der Waals surface area contributed by atoms with Gasteiger partial charge < -0.3 is 10.2 Å². The van der Waals surface area contributed by atoms with Crippen LogP contribution in [0.25, 0.3) is 10.9 Å². The van der Waals surface area contributed by atoms with Crippen LogP contribution in [0.3, 0.4) is 0 Å². The van der Waals surface area contributed by atoms with Crippen molar-refractivity contribution < 1.29 is 10.2 Å². The number of aliphatic hydroxyl groups excluding tert-OH is 2. The first kappa shape index (κ1) is 12.5. The van der Waals surface area contributed by atoms with E-state index in [1.165, 1.54) is 0 Å². The van der Waals surface area contributed by atoms with E-state index in [1.54, 1.807) is 12.3 Å². The molecule has 17 heavy (non-hydrogen) atoms. The molecule has 1 heterocycles. The number of fused-ring (bicyclic) bond motifs is 1. The van der Waals surface area contributed by atoms with Gasteiger partial charge in [-0.25, -0.2) is 0 Å². The molecule has 0 saturated carbocycles. The highest BCUT2D eigenvalue weighted by Gasteiger charge is 2.17. The first-order valence-corrected chi connectivity index (χ1v) is 6.61. The van der Waals surface area contributed by atoms with E-state index in [0.29, 0.717) is 11.8 Å². The fourth-order valence-electron chi connectivity index (χ4n) is 1.77. The van der Waals surface area contributed by atoms with Crippen molar-refractivity contribution in [2.24, 2.45) is 0 Å². The largest absolute Gasteiger partial charge is 0.390 e. The van der Waals surface area contributed by atoms with Crippen molar-refractivity contribution in [2.75, 3.05) is 5.33 Å². The summed E-state index contributed by atoms with van der Waals surface area (Å²) in [6.07, 6.45) is 0.658. The van der Waals surface area contributed by atoms with Gasteiger partial charge in [-0.05, 0) is 30.2 Å². The van der Waals surface area contributed by atoms with E-state index in [0.717, 1.165) is 16.5 Å². The Labute approximate surface area is 108 Å². The molecule has 2 N–H and O–H groups in total. The minimum absolute atomic E-state index is 0.520. The lowest BCUT2D eigenvalue weighted by molar-refractivity contribution is 0.0174. The number of aliphatic hydroxyl groups is 2. The quantitative estimate of drug-likeness (QED) is 0.852. The average Bonchev–Trinajstić information content (AvgIpc) is 2.37. The molecule has 1 aromatic heterocycles. The van der Waals surface area contributed by atoms with Gasteiger partial charge in [0, 0.05) is 16.9 Å². The summed E-state index contributed by atoms with van der Waals surface area (Å²) in [6.45, 7) is 0. The summed E-state index contributed by atoms with van der Waals surface area (Å²) in [5, 5.41) is 21.4. The predicted octanol–water partition coefficient (Wildman–Crippen LogP) is 2.41. The lowest BCUT2D eigenvalue weighted by Gasteiger charge is -2.17. The van der Waals surface area contributed by atoms with Crippen LogP contribution in [0, 0.1) is 0 Å². The van der Waals surface area contributed by atoms with Crippen LogP contribution in [-0.4, -0.2) is 26.6 Å². The number of pyridine rings is 1. The zero-order chi connectivity index (χ0) is 12.3. The lowest BCUT2D eigenvalue weighted by Crippen LogP contribution is -2.18. The lowest BCUT2D eigenvalue weighted by atomic mass is 10.0. The molecule has 0 spiro atoms. The summed E-state index contributed by atoms with van der Waals surface area (Å²) in [7, 11) is 0. The zero-order valence-electron chi connectivity index (χ0n) is 9.25. The van der Waals surface area contributed by atoms with Gasteiger partial charge in [0.15, 0.2) is 0 Å². The Hall–Kier alpha value is -0.970. The van der Waals surface area contributed by atoms with Crippen LogP contribution in [0.2, 0.25) is 0 Å². The predicted molar refractivity (Wildman–Crippen MR) is 71.1 cm³/mol. The summed E-state index contributed by atoms with van der Waals surface area (Å²) < 4.78 is 0. The fraction of sp³-hybridized carbons (Fsp3) is 0.308. The molecule has 0 radical (unpaired) electrons. The van der Waals surface area contributed by atoms with E-state index < -0.39 is 12.2 Å². The third-order valence-corrected chi connectivity index (χ3v) is 3.20. The molecule has 0 saturated heterocycles. The molecule has 2 atom stereocenters. The number of hydrogen-bond donors (Lipinski definition) is 2. The van der Waals surface area contributed by atoms with Crippen molar-refractivity contribution in [2.45, 2.75) is 18.6 Å². The van der Waals surface area contributed by atoms with Crippen molar-refractivity contribution in [3.8, 4) is 0 Å². The van der Waals surface area contributed by atoms with Crippen LogP contribution in [0.15, 0.2) is 36.5 Å². The maximum atomic E-state index is 9.99. The summed E-state index contributed by atoms with van der Waals surface area (Å²) in [6, 6.07) is 9.32. The standard InChI is InChI=1S/C13H14BrNO2/c14-6-5-12(16)13(17)10-3-4-11-9(8-10)2-1-7-15-11/h1-4,7-8,12-13,16-17H,5-6H2. The molecule has 0 aliphatic rings. The Bertz CT molecular complexity index is 503. The molecule has 0 bridgehead atoms. The first-order valence-electron chi connectivity index (χ1n) is 5.49. The van der Waals surface area contributed by atoms with Gasteiger partial charge in [-0.3, -0.25) is 4.98 Å². The summed E-state index contributed by atoms with van der Waals surface area (Å²) in [5.74, 6) is 0. The number of aromatic nitrogens is 1. The second-order valence-corrected chi connectivity index (χ2v) is 4.74. The van der Waals surface area contributed by atoms with Gasteiger partial charge in [0.2, 0.25) is 0 Å². The minimum Gasteiger partial charge on any atom is -0.390 e. The van der Waals surface area contributed by atoms with Crippen molar-refractivity contribution in [1.29, 1.82) is 0 Å². The van der Waals surface area contributed by atoms with E-state index in [2.05, 4.69) is 20.9 Å². The second-order valence-electron chi connectivity index (χ2n) is 3.95. The first-order chi connectivity index (χ1) is 8.22. The minimum atomic E-state index is -0.850. The number of rotatable bonds is 4. The fourth-order valence-corrected chi connectivity index (χ4v) is 2.24. The molecular weight excluding hydrogens is 282 g/mol. The van der Waals surface area contributed by atoms with E-state index >= 15 is 0 Å². The number of hydrogen-bond acceptors (Lipinski definition) is 3. The highest BCUT2D eigenvalue weighted by atomic mass is 79.9.